The summed E-state index contributed by atoms with van der Waals surface area (Å²) in [4.78, 5) is 4.16. The van der Waals surface area contributed by atoms with Gasteiger partial charge in [-0.25, -0.2) is 9.67 Å². The van der Waals surface area contributed by atoms with Gasteiger partial charge in [-0.3, -0.25) is 0 Å². The third kappa shape index (κ3) is 3.88. The van der Waals surface area contributed by atoms with Crippen LogP contribution in [0.1, 0.15) is 25.7 Å². The molecule has 0 fully saturated rings. The van der Waals surface area contributed by atoms with Gasteiger partial charge in [0.2, 0.25) is 0 Å². The molecule has 6 nitrogen and oxygen atoms in total. The minimum Gasteiger partial charge on any atom is -0.389 e. The zero-order valence-corrected chi connectivity index (χ0v) is 10.1. The summed E-state index contributed by atoms with van der Waals surface area (Å²) in [7, 11) is 1.57. The summed E-state index contributed by atoms with van der Waals surface area (Å²) in [6, 6.07) is 0.295. The van der Waals surface area contributed by atoms with E-state index in [1.54, 1.807) is 13.4 Å². The average molecular weight is 228 g/mol. The van der Waals surface area contributed by atoms with E-state index < -0.39 is 6.10 Å². The molecule has 2 N–H and O–H groups in total. The molecule has 0 saturated carbocycles. The number of aliphatic hydroxyl groups excluding tert-OH is 1. The van der Waals surface area contributed by atoms with Gasteiger partial charge in [-0.15, -0.1) is 0 Å². The molecule has 1 unspecified atom stereocenters. The van der Waals surface area contributed by atoms with E-state index in [0.717, 1.165) is 5.82 Å². The summed E-state index contributed by atoms with van der Waals surface area (Å²) in [5, 5.41) is 16.7. The van der Waals surface area contributed by atoms with Crippen molar-refractivity contribution in [2.24, 2.45) is 0 Å². The van der Waals surface area contributed by atoms with Gasteiger partial charge in [0.1, 0.15) is 12.2 Å². The standard InChI is InChI=1S/C10H20N4O2/c1-8(2)14-10(12-7-13-14)5-11-4-9(15)6-16-3/h7-9,11,15H,4-6H2,1-3H3. The number of methoxy groups -OCH3 is 1. The van der Waals surface area contributed by atoms with Crippen molar-refractivity contribution in [2.75, 3.05) is 20.3 Å². The van der Waals surface area contributed by atoms with Crippen LogP contribution in [-0.2, 0) is 11.3 Å². The maximum atomic E-state index is 9.43. The van der Waals surface area contributed by atoms with Crippen molar-refractivity contribution in [2.45, 2.75) is 32.5 Å². The highest BCUT2D eigenvalue weighted by molar-refractivity contribution is 4.85. The van der Waals surface area contributed by atoms with Gasteiger partial charge in [0, 0.05) is 19.7 Å². The van der Waals surface area contributed by atoms with E-state index in [1.807, 2.05) is 4.68 Å². The Labute approximate surface area is 95.6 Å². The number of hydrogen-bond donors (Lipinski definition) is 2. The summed E-state index contributed by atoms with van der Waals surface area (Å²) >= 11 is 0. The van der Waals surface area contributed by atoms with E-state index in [2.05, 4.69) is 29.2 Å². The molecule has 0 aliphatic carbocycles. The van der Waals surface area contributed by atoms with Crippen molar-refractivity contribution in [1.82, 2.24) is 20.1 Å². The first-order chi connectivity index (χ1) is 7.65. The van der Waals surface area contributed by atoms with E-state index in [1.165, 1.54) is 0 Å². The molecule has 0 bridgehead atoms. The van der Waals surface area contributed by atoms with Gasteiger partial charge in [-0.05, 0) is 13.8 Å². The fourth-order valence-electron chi connectivity index (χ4n) is 1.43. The van der Waals surface area contributed by atoms with Gasteiger partial charge in [0.05, 0.1) is 19.3 Å². The summed E-state index contributed by atoms with van der Waals surface area (Å²) in [5.41, 5.74) is 0. The molecule has 6 heteroatoms. The average Bonchev–Trinajstić information content (AvgIpc) is 2.66. The highest BCUT2D eigenvalue weighted by Gasteiger charge is 2.08. The molecule has 0 amide bonds. The normalized spacial score (nSPS) is 13.3. The maximum Gasteiger partial charge on any atom is 0.141 e. The van der Waals surface area contributed by atoms with Crippen molar-refractivity contribution < 1.29 is 9.84 Å². The monoisotopic (exact) mass is 228 g/mol. The molecule has 1 atom stereocenters. The summed E-state index contributed by atoms with van der Waals surface area (Å²) in [6.07, 6.45) is 1.06. The van der Waals surface area contributed by atoms with Crippen LogP contribution >= 0.6 is 0 Å². The Morgan fingerprint density at radius 3 is 2.94 bits per heavy atom. The molecule has 0 radical (unpaired) electrons. The lowest BCUT2D eigenvalue weighted by molar-refractivity contribution is 0.0642. The molecule has 0 spiro atoms. The first-order valence-electron chi connectivity index (χ1n) is 5.41. The minimum atomic E-state index is -0.486. The molecule has 16 heavy (non-hydrogen) atoms. The Bertz CT molecular complexity index is 301. The summed E-state index contributed by atoms with van der Waals surface area (Å²) in [5.74, 6) is 0.875. The molecule has 1 aromatic heterocycles. The molecular formula is C10H20N4O2. The van der Waals surface area contributed by atoms with Crippen LogP contribution in [0.15, 0.2) is 6.33 Å². The zero-order valence-electron chi connectivity index (χ0n) is 10.1. The number of nitrogens with one attached hydrogen (secondary N) is 1. The van der Waals surface area contributed by atoms with Crippen LogP contribution in [0.3, 0.4) is 0 Å². The number of aliphatic hydroxyl groups is 1. The van der Waals surface area contributed by atoms with Crippen molar-refractivity contribution in [3.63, 3.8) is 0 Å². The third-order valence-corrected chi connectivity index (χ3v) is 2.16. The molecule has 0 aliphatic heterocycles. The lowest BCUT2D eigenvalue weighted by Crippen LogP contribution is -2.30. The third-order valence-electron chi connectivity index (χ3n) is 2.16. The predicted octanol–water partition coefficient (Wildman–Crippen LogP) is -0.0441. The molecule has 1 heterocycles. The fraction of sp³-hybridized carbons (Fsp3) is 0.800. The van der Waals surface area contributed by atoms with Crippen LogP contribution in [-0.4, -0.2) is 46.2 Å². The second kappa shape index (κ2) is 6.57. The maximum absolute atomic E-state index is 9.43. The van der Waals surface area contributed by atoms with Gasteiger partial charge in [0.15, 0.2) is 0 Å². The van der Waals surface area contributed by atoms with E-state index in [-0.39, 0.29) is 0 Å². The summed E-state index contributed by atoms with van der Waals surface area (Å²) < 4.78 is 6.69. The highest BCUT2D eigenvalue weighted by Crippen LogP contribution is 2.04. The first kappa shape index (κ1) is 13.1. The van der Waals surface area contributed by atoms with E-state index in [0.29, 0.717) is 25.7 Å². The number of rotatable bonds is 7. The smallest absolute Gasteiger partial charge is 0.141 e. The van der Waals surface area contributed by atoms with Crippen LogP contribution in [0.2, 0.25) is 0 Å². The van der Waals surface area contributed by atoms with E-state index in [4.69, 9.17) is 4.74 Å². The Balaban J connectivity index is 2.34. The van der Waals surface area contributed by atoms with E-state index >= 15 is 0 Å². The van der Waals surface area contributed by atoms with Crippen LogP contribution < -0.4 is 5.32 Å². The Morgan fingerprint density at radius 1 is 1.56 bits per heavy atom. The molecule has 1 aromatic rings. The van der Waals surface area contributed by atoms with Gasteiger partial charge in [0.25, 0.3) is 0 Å². The quantitative estimate of drug-likeness (QED) is 0.685. The van der Waals surface area contributed by atoms with Gasteiger partial charge < -0.3 is 15.2 Å². The number of ether oxygens (including phenoxy) is 1. The van der Waals surface area contributed by atoms with E-state index in [9.17, 15) is 5.11 Å². The molecule has 0 aliphatic rings. The lowest BCUT2D eigenvalue weighted by atomic mass is 10.3. The molecule has 92 valence electrons. The fourth-order valence-corrected chi connectivity index (χ4v) is 1.43. The SMILES string of the molecule is COCC(O)CNCc1ncnn1C(C)C. The Morgan fingerprint density at radius 2 is 2.31 bits per heavy atom. The van der Waals surface area contributed by atoms with Crippen LogP contribution in [0, 0.1) is 0 Å². The minimum absolute atomic E-state index is 0.295. The number of hydrogen-bond acceptors (Lipinski definition) is 5. The lowest BCUT2D eigenvalue weighted by Gasteiger charge is -2.12. The Hall–Kier alpha value is -0.980. The van der Waals surface area contributed by atoms with Crippen LogP contribution in [0.5, 0.6) is 0 Å². The van der Waals surface area contributed by atoms with Crippen LogP contribution in [0.25, 0.3) is 0 Å². The van der Waals surface area contributed by atoms with Crippen molar-refractivity contribution in [1.29, 1.82) is 0 Å². The molecule has 0 aromatic carbocycles. The number of nitrogens with zero attached hydrogens (tertiary/aromatic N) is 3. The van der Waals surface area contributed by atoms with Crippen molar-refractivity contribution >= 4 is 0 Å². The van der Waals surface area contributed by atoms with Crippen molar-refractivity contribution in [3.8, 4) is 0 Å². The van der Waals surface area contributed by atoms with Gasteiger partial charge in [-0.1, -0.05) is 0 Å². The number of aromatic nitrogens is 3. The molecule has 1 rings (SSSR count). The zero-order chi connectivity index (χ0) is 12.0. The highest BCUT2D eigenvalue weighted by atomic mass is 16.5. The van der Waals surface area contributed by atoms with Gasteiger partial charge in [-0.2, -0.15) is 5.10 Å². The van der Waals surface area contributed by atoms with Crippen LogP contribution in [0.4, 0.5) is 0 Å². The Kier molecular flexibility index (Phi) is 5.37. The van der Waals surface area contributed by atoms with Crippen molar-refractivity contribution in [3.05, 3.63) is 12.2 Å². The largest absolute Gasteiger partial charge is 0.389 e. The molecular weight excluding hydrogens is 208 g/mol. The topological polar surface area (TPSA) is 72.2 Å². The van der Waals surface area contributed by atoms with Gasteiger partial charge >= 0.3 is 0 Å². The second-order valence-corrected chi connectivity index (χ2v) is 3.95. The molecule has 0 saturated heterocycles. The predicted molar refractivity (Wildman–Crippen MR) is 60.0 cm³/mol. The summed E-state index contributed by atoms with van der Waals surface area (Å²) in [6.45, 7) is 5.53. The second-order valence-electron chi connectivity index (χ2n) is 3.95. The first-order valence-corrected chi connectivity index (χ1v) is 5.41.